The van der Waals surface area contributed by atoms with Gasteiger partial charge in [0, 0.05) is 18.1 Å². The van der Waals surface area contributed by atoms with Gasteiger partial charge in [0.2, 0.25) is 0 Å². The fourth-order valence-corrected chi connectivity index (χ4v) is 3.59. The summed E-state index contributed by atoms with van der Waals surface area (Å²) in [6, 6.07) is 8.31. The first-order chi connectivity index (χ1) is 9.30. The molecule has 1 aliphatic heterocycles. The molecular formula is C16H22ClNO. The van der Waals surface area contributed by atoms with Crippen LogP contribution in [0, 0.1) is 0 Å². The minimum Gasteiger partial charge on any atom is -0.382 e. The summed E-state index contributed by atoms with van der Waals surface area (Å²) in [6.45, 7) is 0.910. The highest BCUT2D eigenvalue weighted by molar-refractivity contribution is 6.17. The van der Waals surface area contributed by atoms with Gasteiger partial charge in [0.05, 0.1) is 11.7 Å². The van der Waals surface area contributed by atoms with Crippen LogP contribution >= 0.6 is 11.6 Å². The van der Waals surface area contributed by atoms with E-state index in [1.165, 1.54) is 38.5 Å². The van der Waals surface area contributed by atoms with Crippen LogP contribution in [0.5, 0.6) is 0 Å². The maximum atomic E-state index is 6.30. The molecule has 0 amide bonds. The topological polar surface area (TPSA) is 21.3 Å². The predicted molar refractivity (Wildman–Crippen MR) is 79.8 cm³/mol. The van der Waals surface area contributed by atoms with Crippen LogP contribution in [0.4, 0.5) is 5.69 Å². The van der Waals surface area contributed by atoms with E-state index in [2.05, 4.69) is 23.5 Å². The minimum atomic E-state index is 0.240. The van der Waals surface area contributed by atoms with Crippen molar-refractivity contribution in [2.45, 2.75) is 56.1 Å². The Morgan fingerprint density at radius 1 is 1.26 bits per heavy atom. The molecule has 1 aromatic rings. The normalized spacial score (nSPS) is 25.0. The number of halogens is 1. The van der Waals surface area contributed by atoms with Crippen molar-refractivity contribution < 1.29 is 4.74 Å². The van der Waals surface area contributed by atoms with Crippen LogP contribution in [0.25, 0.3) is 0 Å². The first-order valence-corrected chi connectivity index (χ1v) is 7.90. The number of rotatable bonds is 4. The Morgan fingerprint density at radius 2 is 2.11 bits per heavy atom. The SMILES string of the molecule is ClCc1cccc(NCC2CCC3(CCCC3)O2)c1. The molecule has 3 heteroatoms. The van der Waals surface area contributed by atoms with E-state index in [1.54, 1.807) is 0 Å². The molecule has 1 saturated carbocycles. The molecule has 1 spiro atoms. The van der Waals surface area contributed by atoms with Gasteiger partial charge in [-0.05, 0) is 43.4 Å². The van der Waals surface area contributed by atoms with Crippen LogP contribution in [-0.2, 0) is 10.6 Å². The van der Waals surface area contributed by atoms with Gasteiger partial charge in [-0.3, -0.25) is 0 Å². The van der Waals surface area contributed by atoms with Gasteiger partial charge in [-0.2, -0.15) is 0 Å². The predicted octanol–water partition coefficient (Wildman–Crippen LogP) is 4.33. The molecule has 2 fully saturated rings. The molecular weight excluding hydrogens is 258 g/mol. The average Bonchev–Trinajstić information content (AvgIpc) is 3.08. The molecule has 1 aliphatic carbocycles. The fraction of sp³-hybridized carbons (Fsp3) is 0.625. The zero-order valence-corrected chi connectivity index (χ0v) is 12.1. The summed E-state index contributed by atoms with van der Waals surface area (Å²) in [6.07, 6.45) is 8.05. The van der Waals surface area contributed by atoms with Gasteiger partial charge < -0.3 is 10.1 Å². The van der Waals surface area contributed by atoms with E-state index in [9.17, 15) is 0 Å². The third kappa shape index (κ3) is 3.06. The number of nitrogens with one attached hydrogen (secondary N) is 1. The van der Waals surface area contributed by atoms with Crippen molar-refractivity contribution in [1.29, 1.82) is 0 Å². The minimum absolute atomic E-state index is 0.240. The zero-order valence-electron chi connectivity index (χ0n) is 11.3. The molecule has 0 aromatic heterocycles. The second-order valence-corrected chi connectivity index (χ2v) is 6.15. The molecule has 3 rings (SSSR count). The second-order valence-electron chi connectivity index (χ2n) is 5.88. The lowest BCUT2D eigenvalue weighted by Gasteiger charge is -2.24. The molecule has 1 atom stereocenters. The Morgan fingerprint density at radius 3 is 2.89 bits per heavy atom. The number of hydrogen-bond acceptors (Lipinski definition) is 2. The summed E-state index contributed by atoms with van der Waals surface area (Å²) in [5, 5.41) is 3.48. The van der Waals surface area contributed by atoms with Gasteiger partial charge >= 0.3 is 0 Å². The van der Waals surface area contributed by atoms with Crippen molar-refractivity contribution in [1.82, 2.24) is 0 Å². The summed E-state index contributed by atoms with van der Waals surface area (Å²) in [5.41, 5.74) is 2.55. The molecule has 1 heterocycles. The Balaban J connectivity index is 1.52. The van der Waals surface area contributed by atoms with Crippen LogP contribution in [0.1, 0.15) is 44.1 Å². The zero-order chi connectivity index (χ0) is 13.1. The number of benzene rings is 1. The van der Waals surface area contributed by atoms with Crippen LogP contribution in [-0.4, -0.2) is 18.2 Å². The van der Waals surface area contributed by atoms with Crippen molar-refractivity contribution in [3.63, 3.8) is 0 Å². The van der Waals surface area contributed by atoms with Crippen molar-refractivity contribution in [3.05, 3.63) is 29.8 Å². The van der Waals surface area contributed by atoms with E-state index in [0.29, 0.717) is 12.0 Å². The van der Waals surface area contributed by atoms with E-state index < -0.39 is 0 Å². The van der Waals surface area contributed by atoms with Gasteiger partial charge in [-0.25, -0.2) is 0 Å². The molecule has 19 heavy (non-hydrogen) atoms. The smallest absolute Gasteiger partial charge is 0.0756 e. The van der Waals surface area contributed by atoms with Crippen LogP contribution < -0.4 is 5.32 Å². The molecule has 2 aliphatic rings. The maximum absolute atomic E-state index is 6.30. The molecule has 0 radical (unpaired) electrons. The van der Waals surface area contributed by atoms with Crippen LogP contribution in [0.15, 0.2) is 24.3 Å². The average molecular weight is 280 g/mol. The van der Waals surface area contributed by atoms with E-state index in [4.69, 9.17) is 16.3 Å². The van der Waals surface area contributed by atoms with Gasteiger partial charge in [0.25, 0.3) is 0 Å². The highest BCUT2D eigenvalue weighted by atomic mass is 35.5. The van der Waals surface area contributed by atoms with Crippen molar-refractivity contribution in [2.75, 3.05) is 11.9 Å². The largest absolute Gasteiger partial charge is 0.382 e. The number of ether oxygens (including phenoxy) is 1. The number of hydrogen-bond donors (Lipinski definition) is 1. The van der Waals surface area contributed by atoms with Crippen LogP contribution in [0.2, 0.25) is 0 Å². The Hall–Kier alpha value is -0.730. The Bertz CT molecular complexity index is 429. The van der Waals surface area contributed by atoms with Crippen molar-refractivity contribution >= 4 is 17.3 Å². The molecule has 1 aromatic carbocycles. The highest BCUT2D eigenvalue weighted by Gasteiger charge is 2.41. The van der Waals surface area contributed by atoms with Gasteiger partial charge in [-0.1, -0.05) is 25.0 Å². The van der Waals surface area contributed by atoms with Gasteiger partial charge in [0.15, 0.2) is 0 Å². The van der Waals surface area contributed by atoms with Crippen molar-refractivity contribution in [2.24, 2.45) is 0 Å². The summed E-state index contributed by atoms with van der Waals surface area (Å²) >= 11 is 5.86. The summed E-state index contributed by atoms with van der Waals surface area (Å²) in [5.74, 6) is 0.568. The molecule has 1 N–H and O–H groups in total. The number of anilines is 1. The lowest BCUT2D eigenvalue weighted by Crippen LogP contribution is -2.27. The molecule has 0 bridgehead atoms. The lowest BCUT2D eigenvalue weighted by molar-refractivity contribution is -0.0307. The molecule has 1 saturated heterocycles. The lowest BCUT2D eigenvalue weighted by atomic mass is 9.98. The number of alkyl halides is 1. The van der Waals surface area contributed by atoms with E-state index in [-0.39, 0.29) is 5.60 Å². The second kappa shape index (κ2) is 5.72. The van der Waals surface area contributed by atoms with E-state index in [0.717, 1.165) is 17.8 Å². The van der Waals surface area contributed by atoms with Gasteiger partial charge in [0.1, 0.15) is 0 Å². The maximum Gasteiger partial charge on any atom is 0.0756 e. The molecule has 2 nitrogen and oxygen atoms in total. The molecule has 104 valence electrons. The van der Waals surface area contributed by atoms with Gasteiger partial charge in [-0.15, -0.1) is 11.6 Å². The standard InChI is InChI=1S/C16H22ClNO/c17-11-13-4-3-5-14(10-13)18-12-15-6-9-16(19-15)7-1-2-8-16/h3-5,10,15,18H,1-2,6-9,11-12H2. The van der Waals surface area contributed by atoms with Crippen molar-refractivity contribution in [3.8, 4) is 0 Å². The van der Waals surface area contributed by atoms with E-state index in [1.807, 2.05) is 6.07 Å². The monoisotopic (exact) mass is 279 g/mol. The third-order valence-corrected chi connectivity index (χ3v) is 4.78. The Kier molecular flexibility index (Phi) is 3.99. The molecule has 1 unspecified atom stereocenters. The summed E-state index contributed by atoms with van der Waals surface area (Å²) < 4.78 is 6.30. The van der Waals surface area contributed by atoms with E-state index >= 15 is 0 Å². The third-order valence-electron chi connectivity index (χ3n) is 4.47. The quantitative estimate of drug-likeness (QED) is 0.829. The van der Waals surface area contributed by atoms with Crippen LogP contribution in [0.3, 0.4) is 0 Å². The first-order valence-electron chi connectivity index (χ1n) is 7.36. The fourth-order valence-electron chi connectivity index (χ4n) is 3.42. The first kappa shape index (κ1) is 13.3. The highest BCUT2D eigenvalue weighted by Crippen LogP contribution is 2.43. The summed E-state index contributed by atoms with van der Waals surface area (Å²) in [7, 11) is 0. The summed E-state index contributed by atoms with van der Waals surface area (Å²) in [4.78, 5) is 0. The Labute approximate surface area is 120 Å².